The van der Waals surface area contributed by atoms with Crippen LogP contribution in [0.2, 0.25) is 0 Å². The average Bonchev–Trinajstić information content (AvgIpc) is 3.27. The van der Waals surface area contributed by atoms with Crippen molar-refractivity contribution in [2.24, 2.45) is 5.84 Å². The monoisotopic (exact) mass is 303 g/mol. The highest BCUT2D eigenvalue weighted by Gasteiger charge is 2.31. The maximum Gasteiger partial charge on any atom is 0.416 e. The molecule has 0 aromatic carbocycles. The number of nitrogen functional groups attached to an aromatic ring is 1. The first-order valence-electron chi connectivity index (χ1n) is 6.98. The van der Waals surface area contributed by atoms with Crippen LogP contribution in [0.4, 0.5) is 24.8 Å². The van der Waals surface area contributed by atoms with Gasteiger partial charge in [-0.25, -0.2) is 10.8 Å². The molecule has 1 fully saturated rings. The number of rotatable bonds is 7. The lowest BCUT2D eigenvalue weighted by atomic mass is 10.2. The fraction of sp³-hybridized carbons (Fsp3) is 0.615. The Labute approximate surface area is 121 Å². The third kappa shape index (κ3) is 4.47. The number of hydrogen-bond donors (Lipinski definition) is 3. The number of halogens is 3. The molecule has 0 aliphatic heterocycles. The zero-order valence-corrected chi connectivity index (χ0v) is 11.9. The lowest BCUT2D eigenvalue weighted by Gasteiger charge is -2.20. The van der Waals surface area contributed by atoms with E-state index in [-0.39, 0.29) is 11.6 Å². The van der Waals surface area contributed by atoms with E-state index in [4.69, 9.17) is 5.84 Å². The van der Waals surface area contributed by atoms with Crippen molar-refractivity contribution in [1.82, 2.24) is 9.88 Å². The van der Waals surface area contributed by atoms with E-state index in [1.807, 2.05) is 0 Å². The van der Waals surface area contributed by atoms with Gasteiger partial charge in [0.25, 0.3) is 0 Å². The zero-order chi connectivity index (χ0) is 15.5. The van der Waals surface area contributed by atoms with Gasteiger partial charge in [0, 0.05) is 19.1 Å². The van der Waals surface area contributed by atoms with Crippen LogP contribution in [0.25, 0.3) is 0 Å². The van der Waals surface area contributed by atoms with Crippen molar-refractivity contribution < 1.29 is 13.2 Å². The van der Waals surface area contributed by atoms with Crippen LogP contribution >= 0.6 is 0 Å². The number of likely N-dealkylation sites (N-methyl/N-ethyl adjacent to an activating group) is 1. The summed E-state index contributed by atoms with van der Waals surface area (Å²) >= 11 is 0. The highest BCUT2D eigenvalue weighted by atomic mass is 19.4. The Morgan fingerprint density at radius 1 is 1.33 bits per heavy atom. The predicted molar refractivity (Wildman–Crippen MR) is 75.8 cm³/mol. The van der Waals surface area contributed by atoms with Crippen LogP contribution < -0.4 is 16.6 Å². The maximum absolute atomic E-state index is 12.8. The van der Waals surface area contributed by atoms with Crippen LogP contribution in [-0.4, -0.2) is 35.6 Å². The van der Waals surface area contributed by atoms with E-state index in [1.54, 1.807) is 0 Å². The predicted octanol–water partition coefficient (Wildman–Crippen LogP) is 2.28. The number of hydrazine groups is 1. The number of pyridine rings is 1. The van der Waals surface area contributed by atoms with Crippen molar-refractivity contribution in [1.29, 1.82) is 0 Å². The molecule has 0 bridgehead atoms. The summed E-state index contributed by atoms with van der Waals surface area (Å²) in [6.45, 7) is 4.35. The van der Waals surface area contributed by atoms with Crippen LogP contribution in [0.1, 0.15) is 25.3 Å². The van der Waals surface area contributed by atoms with E-state index in [0.717, 1.165) is 25.2 Å². The molecular weight excluding hydrogens is 283 g/mol. The van der Waals surface area contributed by atoms with Gasteiger partial charge in [-0.1, -0.05) is 6.92 Å². The summed E-state index contributed by atoms with van der Waals surface area (Å²) in [5, 5.41) is 2.93. The first-order chi connectivity index (χ1) is 9.94. The summed E-state index contributed by atoms with van der Waals surface area (Å²) in [6.07, 6.45) is -2.01. The Balaban J connectivity index is 1.98. The standard InChI is InChI=1S/C13H20F3N5/c1-2-21(10-3-4-10)6-5-18-11-7-9(13(14,15)16)8-12(19-11)20-17/h7-8,10H,2-6,17H2,1H3,(H2,18,19,20). The lowest BCUT2D eigenvalue weighted by molar-refractivity contribution is -0.137. The molecule has 2 rings (SSSR count). The van der Waals surface area contributed by atoms with Gasteiger partial charge in [0.1, 0.15) is 11.6 Å². The molecule has 0 saturated heterocycles. The lowest BCUT2D eigenvalue weighted by Crippen LogP contribution is -2.31. The van der Waals surface area contributed by atoms with Gasteiger partial charge in [-0.15, -0.1) is 0 Å². The summed E-state index contributed by atoms with van der Waals surface area (Å²) in [5.74, 6) is 5.32. The number of aromatic nitrogens is 1. The molecule has 118 valence electrons. The second-order valence-corrected chi connectivity index (χ2v) is 5.05. The third-order valence-electron chi connectivity index (χ3n) is 3.48. The first-order valence-corrected chi connectivity index (χ1v) is 6.98. The summed E-state index contributed by atoms with van der Waals surface area (Å²) in [6, 6.07) is 2.51. The first kappa shape index (κ1) is 15.8. The SMILES string of the molecule is CCN(CCNc1cc(C(F)(F)F)cc(NN)n1)C1CC1. The molecule has 1 aliphatic rings. The Morgan fingerprint density at radius 3 is 2.52 bits per heavy atom. The molecule has 1 aromatic rings. The Morgan fingerprint density at radius 2 is 2.00 bits per heavy atom. The molecule has 1 saturated carbocycles. The third-order valence-corrected chi connectivity index (χ3v) is 3.48. The minimum atomic E-state index is -4.42. The number of nitrogens with zero attached hydrogens (tertiary/aromatic N) is 2. The van der Waals surface area contributed by atoms with Crippen LogP contribution in [-0.2, 0) is 6.18 Å². The second kappa shape index (κ2) is 6.48. The van der Waals surface area contributed by atoms with Gasteiger partial charge in [0.15, 0.2) is 0 Å². The van der Waals surface area contributed by atoms with Crippen molar-refractivity contribution in [2.45, 2.75) is 32.0 Å². The number of alkyl halides is 3. The van der Waals surface area contributed by atoms with E-state index >= 15 is 0 Å². The van der Waals surface area contributed by atoms with E-state index in [0.29, 0.717) is 12.6 Å². The Bertz CT molecular complexity index is 473. The van der Waals surface area contributed by atoms with E-state index in [2.05, 4.69) is 27.6 Å². The summed E-state index contributed by atoms with van der Waals surface area (Å²) in [5.41, 5.74) is 1.38. The minimum absolute atomic E-state index is 0.0122. The van der Waals surface area contributed by atoms with Crippen molar-refractivity contribution in [3.05, 3.63) is 17.7 Å². The van der Waals surface area contributed by atoms with Gasteiger partial charge in [0.05, 0.1) is 5.56 Å². The fourth-order valence-corrected chi connectivity index (χ4v) is 2.22. The van der Waals surface area contributed by atoms with Crippen LogP contribution in [0, 0.1) is 0 Å². The minimum Gasteiger partial charge on any atom is -0.369 e. The fourth-order valence-electron chi connectivity index (χ4n) is 2.22. The number of hydrogen-bond acceptors (Lipinski definition) is 5. The summed E-state index contributed by atoms with van der Waals surface area (Å²) in [4.78, 5) is 6.29. The molecule has 0 unspecified atom stereocenters. The zero-order valence-electron chi connectivity index (χ0n) is 11.9. The normalized spacial score (nSPS) is 15.3. The number of nitrogens with two attached hydrogens (primary N) is 1. The number of nitrogens with one attached hydrogen (secondary N) is 2. The van der Waals surface area contributed by atoms with Crippen molar-refractivity contribution in [3.63, 3.8) is 0 Å². The van der Waals surface area contributed by atoms with E-state index in [1.165, 1.54) is 12.8 Å². The largest absolute Gasteiger partial charge is 0.416 e. The van der Waals surface area contributed by atoms with E-state index in [9.17, 15) is 13.2 Å². The molecule has 8 heteroatoms. The highest BCUT2D eigenvalue weighted by Crippen LogP contribution is 2.32. The number of anilines is 2. The molecule has 1 aliphatic carbocycles. The molecule has 0 spiro atoms. The van der Waals surface area contributed by atoms with Gasteiger partial charge in [-0.2, -0.15) is 13.2 Å². The van der Waals surface area contributed by atoms with Gasteiger partial charge in [0.2, 0.25) is 0 Å². The van der Waals surface area contributed by atoms with Crippen LogP contribution in [0.5, 0.6) is 0 Å². The summed E-state index contributed by atoms with van der Waals surface area (Å²) in [7, 11) is 0. The van der Waals surface area contributed by atoms with Gasteiger partial charge < -0.3 is 10.7 Å². The van der Waals surface area contributed by atoms with Crippen molar-refractivity contribution in [3.8, 4) is 0 Å². The molecule has 5 nitrogen and oxygen atoms in total. The topological polar surface area (TPSA) is 66.2 Å². The van der Waals surface area contributed by atoms with Crippen LogP contribution in [0.15, 0.2) is 12.1 Å². The molecule has 0 amide bonds. The molecule has 0 atom stereocenters. The molecule has 1 aromatic heterocycles. The maximum atomic E-state index is 12.8. The average molecular weight is 303 g/mol. The molecule has 21 heavy (non-hydrogen) atoms. The van der Waals surface area contributed by atoms with Gasteiger partial charge in [-0.05, 0) is 31.5 Å². The Kier molecular flexibility index (Phi) is 4.89. The highest BCUT2D eigenvalue weighted by molar-refractivity contribution is 5.49. The molecule has 1 heterocycles. The second-order valence-electron chi connectivity index (χ2n) is 5.05. The van der Waals surface area contributed by atoms with Gasteiger partial charge >= 0.3 is 6.18 Å². The summed E-state index contributed by atoms with van der Waals surface area (Å²) < 4.78 is 38.3. The van der Waals surface area contributed by atoms with Crippen molar-refractivity contribution >= 4 is 11.6 Å². The quantitative estimate of drug-likeness (QED) is 0.533. The molecular formula is C13H20F3N5. The van der Waals surface area contributed by atoms with Gasteiger partial charge in [-0.3, -0.25) is 4.90 Å². The Hall–Kier alpha value is -1.54. The molecule has 4 N–H and O–H groups in total. The molecule has 0 radical (unpaired) electrons. The van der Waals surface area contributed by atoms with E-state index < -0.39 is 11.7 Å². The smallest absolute Gasteiger partial charge is 0.369 e. The van der Waals surface area contributed by atoms with Crippen LogP contribution in [0.3, 0.4) is 0 Å². The van der Waals surface area contributed by atoms with Crippen molar-refractivity contribution in [2.75, 3.05) is 30.4 Å².